The number of piperazine rings is 1. The summed E-state index contributed by atoms with van der Waals surface area (Å²) in [5, 5.41) is 10.5. The summed E-state index contributed by atoms with van der Waals surface area (Å²) in [6.07, 6.45) is 6.23. The molecule has 0 unspecified atom stereocenters. The third-order valence-electron chi connectivity index (χ3n) is 3.84. The third-order valence-corrected chi connectivity index (χ3v) is 4.68. The van der Waals surface area contributed by atoms with E-state index in [1.807, 2.05) is 29.7 Å². The van der Waals surface area contributed by atoms with Crippen LogP contribution in [0.15, 0.2) is 29.0 Å². The number of hydrogen-bond donors (Lipinski definition) is 1. The van der Waals surface area contributed by atoms with Crippen LogP contribution in [0.25, 0.3) is 0 Å². The van der Waals surface area contributed by atoms with E-state index in [0.717, 1.165) is 36.2 Å². The maximum absolute atomic E-state index is 12.5. The largest absolute Gasteiger partial charge is 0.356 e. The van der Waals surface area contributed by atoms with Gasteiger partial charge in [0.25, 0.3) is 0 Å². The molecule has 0 saturated carbocycles. The number of nitrogens with one attached hydrogen (secondary N) is 1. The van der Waals surface area contributed by atoms with Crippen LogP contribution in [-0.4, -0.2) is 64.8 Å². The lowest BCUT2D eigenvalue weighted by Gasteiger charge is -2.35. The van der Waals surface area contributed by atoms with Gasteiger partial charge in [-0.25, -0.2) is 4.98 Å². The van der Waals surface area contributed by atoms with E-state index in [1.165, 1.54) is 0 Å². The van der Waals surface area contributed by atoms with Gasteiger partial charge >= 0.3 is 0 Å². The average molecular weight is 347 g/mol. The molecule has 3 heterocycles. The summed E-state index contributed by atoms with van der Waals surface area (Å²) >= 11 is 1.64. The normalized spacial score (nSPS) is 15.9. The molecule has 2 aromatic heterocycles. The number of thiazole rings is 1. The summed E-state index contributed by atoms with van der Waals surface area (Å²) in [6, 6.07) is 0. The van der Waals surface area contributed by atoms with Crippen LogP contribution in [0.1, 0.15) is 5.01 Å². The Bertz CT molecular complexity index is 709. The molecule has 9 heteroatoms. The molecule has 0 atom stereocenters. The zero-order valence-corrected chi connectivity index (χ0v) is 14.7. The number of guanidine groups is 1. The van der Waals surface area contributed by atoms with E-state index in [0.29, 0.717) is 13.1 Å². The molecule has 1 N–H and O–H groups in total. The first-order valence-electron chi connectivity index (χ1n) is 7.80. The van der Waals surface area contributed by atoms with Crippen LogP contribution >= 0.6 is 11.3 Å². The Morgan fingerprint density at radius 2 is 2.33 bits per heavy atom. The molecule has 0 aliphatic carbocycles. The standard InChI is InChI=1S/C15H21N7OS/c1-16-15(18-4-3-13-17-5-8-24-13)21-6-7-22(14(23)11-21)12-9-19-20(2)10-12/h5,8-10H,3-4,6-7,11H2,1-2H3,(H,16,18). The monoisotopic (exact) mass is 347 g/mol. The summed E-state index contributed by atoms with van der Waals surface area (Å²) < 4.78 is 1.70. The van der Waals surface area contributed by atoms with Gasteiger partial charge in [0.05, 0.1) is 16.9 Å². The number of aromatic nitrogens is 3. The Hall–Kier alpha value is -2.42. The van der Waals surface area contributed by atoms with Gasteiger partial charge < -0.3 is 15.1 Å². The van der Waals surface area contributed by atoms with Gasteiger partial charge in [-0.05, 0) is 0 Å². The first kappa shape index (κ1) is 16.4. The summed E-state index contributed by atoms with van der Waals surface area (Å²) in [5.41, 5.74) is 0.842. The van der Waals surface area contributed by atoms with Crippen molar-refractivity contribution in [2.24, 2.45) is 12.0 Å². The van der Waals surface area contributed by atoms with Gasteiger partial charge in [0.15, 0.2) is 5.96 Å². The van der Waals surface area contributed by atoms with Crippen molar-refractivity contribution in [1.29, 1.82) is 0 Å². The maximum atomic E-state index is 12.5. The van der Waals surface area contributed by atoms with Crippen molar-refractivity contribution in [2.75, 3.05) is 38.1 Å². The van der Waals surface area contributed by atoms with Gasteiger partial charge in [0, 0.05) is 57.9 Å². The fourth-order valence-corrected chi connectivity index (χ4v) is 3.29. The molecule has 1 aliphatic rings. The van der Waals surface area contributed by atoms with E-state index < -0.39 is 0 Å². The smallest absolute Gasteiger partial charge is 0.246 e. The van der Waals surface area contributed by atoms with E-state index in [1.54, 1.807) is 34.2 Å². The SMILES string of the molecule is CN=C(NCCc1nccs1)N1CCN(c2cnn(C)c2)C(=O)C1. The second-order valence-corrected chi connectivity index (χ2v) is 6.47. The lowest BCUT2D eigenvalue weighted by Crippen LogP contribution is -2.55. The number of carbonyl (C=O) groups is 1. The Balaban J connectivity index is 1.54. The molecule has 1 aliphatic heterocycles. The lowest BCUT2D eigenvalue weighted by atomic mass is 10.3. The molecule has 0 bridgehead atoms. The highest BCUT2D eigenvalue weighted by atomic mass is 32.1. The van der Waals surface area contributed by atoms with Crippen LogP contribution in [0.2, 0.25) is 0 Å². The van der Waals surface area contributed by atoms with E-state index in [9.17, 15) is 4.79 Å². The molecule has 1 fully saturated rings. The molecule has 0 radical (unpaired) electrons. The quantitative estimate of drug-likeness (QED) is 0.637. The fraction of sp³-hybridized carbons (Fsp3) is 0.467. The highest BCUT2D eigenvalue weighted by molar-refractivity contribution is 7.09. The second-order valence-electron chi connectivity index (χ2n) is 5.49. The van der Waals surface area contributed by atoms with Crippen LogP contribution in [0, 0.1) is 0 Å². The van der Waals surface area contributed by atoms with Crippen LogP contribution < -0.4 is 10.2 Å². The number of nitrogens with zero attached hydrogens (tertiary/aromatic N) is 6. The number of carbonyl (C=O) groups excluding carboxylic acids is 1. The Morgan fingerprint density at radius 1 is 1.46 bits per heavy atom. The number of aryl methyl sites for hydroxylation is 1. The van der Waals surface area contributed by atoms with Gasteiger partial charge in [-0.3, -0.25) is 14.5 Å². The van der Waals surface area contributed by atoms with Gasteiger partial charge in [-0.1, -0.05) is 0 Å². The van der Waals surface area contributed by atoms with E-state index in [4.69, 9.17) is 0 Å². The average Bonchev–Trinajstić information content (AvgIpc) is 3.23. The summed E-state index contributed by atoms with van der Waals surface area (Å²) in [5.74, 6) is 0.808. The van der Waals surface area contributed by atoms with Crippen LogP contribution in [-0.2, 0) is 18.3 Å². The van der Waals surface area contributed by atoms with E-state index in [2.05, 4.69) is 20.4 Å². The van der Waals surface area contributed by atoms with Crippen molar-refractivity contribution >= 4 is 28.9 Å². The molecule has 24 heavy (non-hydrogen) atoms. The molecule has 128 valence electrons. The zero-order chi connectivity index (χ0) is 16.9. The number of amides is 1. The van der Waals surface area contributed by atoms with Gasteiger partial charge in [-0.2, -0.15) is 5.10 Å². The van der Waals surface area contributed by atoms with Crippen LogP contribution in [0.4, 0.5) is 5.69 Å². The topological polar surface area (TPSA) is 78.7 Å². The highest BCUT2D eigenvalue weighted by Crippen LogP contribution is 2.16. The summed E-state index contributed by atoms with van der Waals surface area (Å²) in [7, 11) is 3.59. The van der Waals surface area contributed by atoms with Crippen LogP contribution in [0.3, 0.4) is 0 Å². The molecular formula is C15H21N7OS. The van der Waals surface area contributed by atoms with Crippen molar-refractivity contribution in [3.63, 3.8) is 0 Å². The second kappa shape index (κ2) is 7.43. The maximum Gasteiger partial charge on any atom is 0.246 e. The minimum Gasteiger partial charge on any atom is -0.356 e. The van der Waals surface area contributed by atoms with Crippen LogP contribution in [0.5, 0.6) is 0 Å². The first-order valence-corrected chi connectivity index (χ1v) is 8.68. The summed E-state index contributed by atoms with van der Waals surface area (Å²) in [4.78, 5) is 24.8. The lowest BCUT2D eigenvalue weighted by molar-refractivity contribution is -0.120. The van der Waals surface area contributed by atoms with Gasteiger partial charge in [0.1, 0.15) is 6.54 Å². The number of hydrogen-bond acceptors (Lipinski definition) is 5. The summed E-state index contributed by atoms with van der Waals surface area (Å²) in [6.45, 7) is 2.41. The van der Waals surface area contributed by atoms with Gasteiger partial charge in [0.2, 0.25) is 5.91 Å². The highest BCUT2D eigenvalue weighted by Gasteiger charge is 2.27. The predicted molar refractivity (Wildman–Crippen MR) is 94.3 cm³/mol. The molecular weight excluding hydrogens is 326 g/mol. The van der Waals surface area contributed by atoms with Gasteiger partial charge in [-0.15, -0.1) is 11.3 Å². The Labute approximate surface area is 144 Å². The molecule has 1 saturated heterocycles. The first-order chi connectivity index (χ1) is 11.7. The van der Waals surface area contributed by atoms with Crippen molar-refractivity contribution in [3.8, 4) is 0 Å². The molecule has 8 nitrogen and oxygen atoms in total. The van der Waals surface area contributed by atoms with E-state index in [-0.39, 0.29) is 5.91 Å². The molecule has 0 spiro atoms. The number of anilines is 1. The predicted octanol–water partition coefficient (Wildman–Crippen LogP) is 0.343. The Kier molecular flexibility index (Phi) is 5.09. The minimum atomic E-state index is 0.0529. The Morgan fingerprint density at radius 3 is 2.96 bits per heavy atom. The molecule has 3 rings (SSSR count). The molecule has 1 amide bonds. The molecule has 2 aromatic rings. The fourth-order valence-electron chi connectivity index (χ4n) is 2.66. The minimum absolute atomic E-state index is 0.0529. The number of aliphatic imine (C=N–C) groups is 1. The van der Waals surface area contributed by atoms with Crippen molar-refractivity contribution in [1.82, 2.24) is 25.0 Å². The van der Waals surface area contributed by atoms with Crippen molar-refractivity contribution in [2.45, 2.75) is 6.42 Å². The van der Waals surface area contributed by atoms with Crippen molar-refractivity contribution in [3.05, 3.63) is 29.0 Å². The van der Waals surface area contributed by atoms with E-state index >= 15 is 0 Å². The third kappa shape index (κ3) is 3.73. The molecule has 0 aromatic carbocycles. The zero-order valence-electron chi connectivity index (χ0n) is 13.8. The van der Waals surface area contributed by atoms with Crippen molar-refractivity contribution < 1.29 is 4.79 Å². The number of rotatable bonds is 4.